The van der Waals surface area contributed by atoms with Crippen LogP contribution in [0.5, 0.6) is 5.75 Å². The van der Waals surface area contributed by atoms with Crippen LogP contribution < -0.4 is 4.74 Å². The molecule has 0 saturated carbocycles. The summed E-state index contributed by atoms with van der Waals surface area (Å²) in [5, 5.41) is 2.99. The Morgan fingerprint density at radius 2 is 2.23 bits per heavy atom. The molecule has 2 nitrogen and oxygen atoms in total. The van der Waals surface area contributed by atoms with E-state index in [1.54, 1.807) is 17.4 Å². The highest BCUT2D eigenvalue weighted by Crippen LogP contribution is 2.29. The van der Waals surface area contributed by atoms with E-state index in [1.165, 1.54) is 6.92 Å². The monoisotopic (exact) mass is 192 g/mol. The molecule has 2 aromatic rings. The van der Waals surface area contributed by atoms with Gasteiger partial charge in [0.25, 0.3) is 0 Å². The molecule has 0 spiro atoms. The van der Waals surface area contributed by atoms with E-state index in [0.29, 0.717) is 5.75 Å². The molecule has 3 heteroatoms. The van der Waals surface area contributed by atoms with E-state index < -0.39 is 0 Å². The first-order chi connectivity index (χ1) is 6.27. The van der Waals surface area contributed by atoms with Gasteiger partial charge in [-0.2, -0.15) is 0 Å². The fourth-order valence-corrected chi connectivity index (χ4v) is 2.01. The van der Waals surface area contributed by atoms with Crippen molar-refractivity contribution in [1.29, 1.82) is 0 Å². The molecular formula is C10H8O2S. The molecule has 0 bridgehead atoms. The summed E-state index contributed by atoms with van der Waals surface area (Å²) < 4.78 is 6.19. The standard InChI is InChI=1S/C10H8O2S/c1-7(11)12-9-3-2-4-10-8(9)5-6-13-10/h2-6H,1H3. The van der Waals surface area contributed by atoms with Gasteiger partial charge >= 0.3 is 5.97 Å². The lowest BCUT2D eigenvalue weighted by molar-refractivity contribution is -0.131. The summed E-state index contributed by atoms with van der Waals surface area (Å²) in [7, 11) is 0. The summed E-state index contributed by atoms with van der Waals surface area (Å²) in [4.78, 5) is 10.8. The highest BCUT2D eigenvalue weighted by atomic mass is 32.1. The molecule has 0 saturated heterocycles. The Balaban J connectivity index is 2.54. The Labute approximate surface area is 79.8 Å². The molecule has 0 aliphatic heterocycles. The lowest BCUT2D eigenvalue weighted by Crippen LogP contribution is -2.01. The van der Waals surface area contributed by atoms with Crippen molar-refractivity contribution in [1.82, 2.24) is 0 Å². The van der Waals surface area contributed by atoms with Crippen molar-refractivity contribution < 1.29 is 9.53 Å². The molecule has 1 heterocycles. The van der Waals surface area contributed by atoms with Crippen molar-refractivity contribution >= 4 is 27.4 Å². The summed E-state index contributed by atoms with van der Waals surface area (Å²) in [5.41, 5.74) is 0. The van der Waals surface area contributed by atoms with E-state index in [1.807, 2.05) is 23.6 Å². The molecule has 66 valence electrons. The molecule has 0 fully saturated rings. The van der Waals surface area contributed by atoms with E-state index in [-0.39, 0.29) is 5.97 Å². The first-order valence-corrected chi connectivity index (χ1v) is 4.80. The third-order valence-corrected chi connectivity index (χ3v) is 2.59. The second-order valence-electron chi connectivity index (χ2n) is 2.68. The third-order valence-electron chi connectivity index (χ3n) is 1.71. The van der Waals surface area contributed by atoms with Gasteiger partial charge in [-0.3, -0.25) is 4.79 Å². The number of benzene rings is 1. The van der Waals surface area contributed by atoms with Gasteiger partial charge in [-0.1, -0.05) is 6.07 Å². The van der Waals surface area contributed by atoms with Crippen LogP contribution in [0.15, 0.2) is 29.6 Å². The highest BCUT2D eigenvalue weighted by Gasteiger charge is 2.04. The number of rotatable bonds is 1. The predicted octanol–water partition coefficient (Wildman–Crippen LogP) is 2.83. The number of hydrogen-bond acceptors (Lipinski definition) is 3. The maximum absolute atomic E-state index is 10.8. The van der Waals surface area contributed by atoms with Crippen LogP contribution in [0, 0.1) is 0 Å². The number of carbonyl (C=O) groups is 1. The van der Waals surface area contributed by atoms with Gasteiger partial charge in [0.05, 0.1) is 0 Å². The van der Waals surface area contributed by atoms with Crippen molar-refractivity contribution in [3.8, 4) is 5.75 Å². The molecule has 13 heavy (non-hydrogen) atoms. The summed E-state index contributed by atoms with van der Waals surface area (Å²) >= 11 is 1.64. The minimum absolute atomic E-state index is 0.279. The first-order valence-electron chi connectivity index (χ1n) is 3.92. The maximum atomic E-state index is 10.8. The molecule has 1 aromatic carbocycles. The number of thiophene rings is 1. The Kier molecular flexibility index (Phi) is 2.02. The average molecular weight is 192 g/mol. The molecule has 0 radical (unpaired) electrons. The fraction of sp³-hybridized carbons (Fsp3) is 0.100. The van der Waals surface area contributed by atoms with Crippen molar-refractivity contribution in [3.05, 3.63) is 29.6 Å². The summed E-state index contributed by atoms with van der Waals surface area (Å²) in [6, 6.07) is 7.65. The Bertz CT molecular complexity index is 445. The molecular weight excluding hydrogens is 184 g/mol. The van der Waals surface area contributed by atoms with E-state index in [2.05, 4.69) is 0 Å². The van der Waals surface area contributed by atoms with Crippen LogP contribution in [-0.2, 0) is 4.79 Å². The largest absolute Gasteiger partial charge is 0.426 e. The van der Waals surface area contributed by atoms with Crippen molar-refractivity contribution in [2.45, 2.75) is 6.92 Å². The van der Waals surface area contributed by atoms with Gasteiger partial charge in [0.15, 0.2) is 0 Å². The molecule has 2 rings (SSSR count). The number of ether oxygens (including phenoxy) is 1. The van der Waals surface area contributed by atoms with Crippen LogP contribution in [0.3, 0.4) is 0 Å². The summed E-state index contributed by atoms with van der Waals surface area (Å²) in [6.07, 6.45) is 0. The Hall–Kier alpha value is -1.35. The SMILES string of the molecule is CC(=O)Oc1cccc2sccc12. The second-order valence-corrected chi connectivity index (χ2v) is 3.63. The fourth-order valence-electron chi connectivity index (χ4n) is 1.21. The van der Waals surface area contributed by atoms with Crippen molar-refractivity contribution in [2.75, 3.05) is 0 Å². The zero-order valence-electron chi connectivity index (χ0n) is 7.11. The van der Waals surface area contributed by atoms with Gasteiger partial charge in [-0.05, 0) is 23.6 Å². The van der Waals surface area contributed by atoms with Crippen LogP contribution in [0.2, 0.25) is 0 Å². The van der Waals surface area contributed by atoms with Crippen LogP contribution in [0.25, 0.3) is 10.1 Å². The molecule has 0 aliphatic rings. The molecule has 0 atom stereocenters. The van der Waals surface area contributed by atoms with Crippen LogP contribution in [0.1, 0.15) is 6.92 Å². The number of esters is 1. The topological polar surface area (TPSA) is 26.3 Å². The van der Waals surface area contributed by atoms with Gasteiger partial charge in [0.2, 0.25) is 0 Å². The Morgan fingerprint density at radius 1 is 1.38 bits per heavy atom. The lowest BCUT2D eigenvalue weighted by atomic mass is 10.2. The first kappa shape index (κ1) is 8.26. The molecule has 0 N–H and O–H groups in total. The van der Waals surface area contributed by atoms with Crippen LogP contribution in [-0.4, -0.2) is 5.97 Å². The van der Waals surface area contributed by atoms with E-state index in [0.717, 1.165) is 10.1 Å². The summed E-state index contributed by atoms with van der Waals surface area (Å²) in [5.74, 6) is 0.366. The normalized spacial score (nSPS) is 10.2. The predicted molar refractivity (Wildman–Crippen MR) is 53.1 cm³/mol. The zero-order chi connectivity index (χ0) is 9.26. The van der Waals surface area contributed by atoms with Crippen molar-refractivity contribution in [2.24, 2.45) is 0 Å². The van der Waals surface area contributed by atoms with Gasteiger partial charge < -0.3 is 4.74 Å². The molecule has 0 aliphatic carbocycles. The maximum Gasteiger partial charge on any atom is 0.308 e. The van der Waals surface area contributed by atoms with Crippen LogP contribution in [0.4, 0.5) is 0 Å². The van der Waals surface area contributed by atoms with Gasteiger partial charge in [-0.15, -0.1) is 11.3 Å². The number of hydrogen-bond donors (Lipinski definition) is 0. The highest BCUT2D eigenvalue weighted by molar-refractivity contribution is 7.17. The number of fused-ring (bicyclic) bond motifs is 1. The minimum Gasteiger partial charge on any atom is -0.426 e. The lowest BCUT2D eigenvalue weighted by Gasteiger charge is -2.01. The summed E-state index contributed by atoms with van der Waals surface area (Å²) in [6.45, 7) is 1.41. The average Bonchev–Trinajstić information content (AvgIpc) is 2.51. The van der Waals surface area contributed by atoms with Crippen LogP contribution >= 0.6 is 11.3 Å². The van der Waals surface area contributed by atoms with E-state index in [9.17, 15) is 4.79 Å². The Morgan fingerprint density at radius 3 is 3.00 bits per heavy atom. The molecule has 1 aromatic heterocycles. The minimum atomic E-state index is -0.279. The smallest absolute Gasteiger partial charge is 0.308 e. The quantitative estimate of drug-likeness (QED) is 0.513. The zero-order valence-corrected chi connectivity index (χ0v) is 7.93. The van der Waals surface area contributed by atoms with Gasteiger partial charge in [-0.25, -0.2) is 0 Å². The van der Waals surface area contributed by atoms with E-state index in [4.69, 9.17) is 4.74 Å². The van der Waals surface area contributed by atoms with Gasteiger partial charge in [0.1, 0.15) is 5.75 Å². The van der Waals surface area contributed by atoms with Crippen molar-refractivity contribution in [3.63, 3.8) is 0 Å². The third kappa shape index (κ3) is 1.55. The van der Waals surface area contributed by atoms with E-state index >= 15 is 0 Å². The van der Waals surface area contributed by atoms with Gasteiger partial charge in [0, 0.05) is 17.0 Å². The second kappa shape index (κ2) is 3.18. The number of carbonyl (C=O) groups excluding carboxylic acids is 1. The molecule has 0 unspecified atom stereocenters. The molecule has 0 amide bonds.